The molecule has 0 radical (unpaired) electrons. The predicted molar refractivity (Wildman–Crippen MR) is 89.5 cm³/mol. The minimum Gasteiger partial charge on any atom is -0.334 e. The van der Waals surface area contributed by atoms with Crippen LogP contribution in [0.3, 0.4) is 0 Å². The van der Waals surface area contributed by atoms with Gasteiger partial charge in [-0.25, -0.2) is 0 Å². The summed E-state index contributed by atoms with van der Waals surface area (Å²) in [6.45, 7) is 2.40. The van der Waals surface area contributed by atoms with Crippen LogP contribution in [0.2, 0.25) is 0 Å². The molecule has 0 aliphatic carbocycles. The minimum absolute atomic E-state index is 0.0721. The summed E-state index contributed by atoms with van der Waals surface area (Å²) in [4.78, 5) is 15.0. The topological polar surface area (TPSA) is 78.8 Å². The molecule has 4 heterocycles. The van der Waals surface area contributed by atoms with Gasteiger partial charge in [0, 0.05) is 37.4 Å². The second-order valence-corrected chi connectivity index (χ2v) is 6.77. The third-order valence-electron chi connectivity index (χ3n) is 5.20. The molecule has 1 atom stereocenters. The van der Waals surface area contributed by atoms with E-state index in [1.165, 1.54) is 18.5 Å². The molecule has 2 aliphatic rings. The third-order valence-corrected chi connectivity index (χ3v) is 5.20. The Balaban J connectivity index is 1.57. The van der Waals surface area contributed by atoms with E-state index >= 15 is 0 Å². The maximum absolute atomic E-state index is 13.1. The van der Waals surface area contributed by atoms with Gasteiger partial charge in [-0.1, -0.05) is 6.42 Å². The lowest BCUT2D eigenvalue weighted by Crippen LogP contribution is -2.33. The first kappa shape index (κ1) is 15.4. The maximum atomic E-state index is 13.1. The summed E-state index contributed by atoms with van der Waals surface area (Å²) in [7, 11) is 1.97. The van der Waals surface area contributed by atoms with Crippen LogP contribution in [-0.4, -0.2) is 43.9 Å². The smallest absolute Gasteiger partial charge is 0.257 e. The molecule has 2 N–H and O–H groups in total. The van der Waals surface area contributed by atoms with E-state index in [0.717, 1.165) is 43.6 Å². The first-order valence-electron chi connectivity index (χ1n) is 8.79. The molecule has 0 bridgehead atoms. The summed E-state index contributed by atoms with van der Waals surface area (Å²) >= 11 is 0. The Kier molecular flexibility index (Phi) is 4.10. The molecular formula is C17H24N6O. The first-order chi connectivity index (χ1) is 11.7. The lowest BCUT2D eigenvalue weighted by molar-refractivity contribution is 0.0743. The van der Waals surface area contributed by atoms with Gasteiger partial charge in [0.25, 0.3) is 5.91 Å². The molecule has 7 nitrogen and oxygen atoms in total. The Hall–Kier alpha value is -2.15. The lowest BCUT2D eigenvalue weighted by Gasteiger charge is -2.25. The molecular weight excluding hydrogens is 304 g/mol. The van der Waals surface area contributed by atoms with Crippen LogP contribution >= 0.6 is 0 Å². The molecule has 7 heteroatoms. The molecule has 1 fully saturated rings. The van der Waals surface area contributed by atoms with Crippen LogP contribution in [0, 0.1) is 0 Å². The van der Waals surface area contributed by atoms with Crippen molar-refractivity contribution < 1.29 is 4.79 Å². The average molecular weight is 328 g/mol. The van der Waals surface area contributed by atoms with E-state index < -0.39 is 0 Å². The van der Waals surface area contributed by atoms with E-state index in [-0.39, 0.29) is 11.9 Å². The van der Waals surface area contributed by atoms with Gasteiger partial charge in [0.05, 0.1) is 23.7 Å². The quantitative estimate of drug-likeness (QED) is 0.877. The molecule has 1 amide bonds. The fourth-order valence-corrected chi connectivity index (χ4v) is 3.86. The van der Waals surface area contributed by atoms with E-state index in [1.54, 1.807) is 6.20 Å². The molecule has 0 saturated carbocycles. The Morgan fingerprint density at radius 1 is 1.29 bits per heavy atom. The second kappa shape index (κ2) is 6.39. The van der Waals surface area contributed by atoms with Crippen molar-refractivity contribution in [2.24, 2.45) is 7.05 Å². The number of aromatic amines is 1. The number of H-pyrrole nitrogens is 1. The van der Waals surface area contributed by atoms with Crippen molar-refractivity contribution in [2.45, 2.75) is 44.7 Å². The molecule has 2 aromatic heterocycles. The summed E-state index contributed by atoms with van der Waals surface area (Å²) < 4.78 is 1.93. The summed E-state index contributed by atoms with van der Waals surface area (Å²) in [6, 6.07) is 0.209. The van der Waals surface area contributed by atoms with Crippen LogP contribution in [0.1, 0.15) is 59.0 Å². The number of hydrogen-bond acceptors (Lipinski definition) is 4. The molecule has 0 spiro atoms. The van der Waals surface area contributed by atoms with Gasteiger partial charge in [-0.3, -0.25) is 14.6 Å². The number of nitrogens with one attached hydrogen (secondary N) is 2. The predicted octanol–water partition coefficient (Wildman–Crippen LogP) is 1.55. The number of aromatic nitrogens is 4. The second-order valence-electron chi connectivity index (χ2n) is 6.77. The third kappa shape index (κ3) is 2.73. The zero-order chi connectivity index (χ0) is 16.5. The average Bonchev–Trinajstić information content (AvgIpc) is 3.16. The Bertz CT molecular complexity index is 727. The van der Waals surface area contributed by atoms with Gasteiger partial charge >= 0.3 is 0 Å². The molecule has 1 saturated heterocycles. The van der Waals surface area contributed by atoms with Gasteiger partial charge in [-0.05, 0) is 32.2 Å². The van der Waals surface area contributed by atoms with Crippen LogP contribution in [0.25, 0.3) is 0 Å². The van der Waals surface area contributed by atoms with Crippen LogP contribution in [-0.2, 0) is 20.0 Å². The Labute approximate surface area is 141 Å². The summed E-state index contributed by atoms with van der Waals surface area (Å²) in [5, 5.41) is 15.0. The van der Waals surface area contributed by atoms with Gasteiger partial charge < -0.3 is 10.2 Å². The van der Waals surface area contributed by atoms with E-state index in [9.17, 15) is 4.79 Å². The molecule has 4 rings (SSSR count). The number of fused-ring (bicyclic) bond motifs is 1. The molecule has 0 aromatic carbocycles. The Morgan fingerprint density at radius 3 is 3.04 bits per heavy atom. The molecule has 2 aliphatic heterocycles. The van der Waals surface area contributed by atoms with Gasteiger partial charge in [-0.2, -0.15) is 10.2 Å². The zero-order valence-corrected chi connectivity index (χ0v) is 14.1. The summed E-state index contributed by atoms with van der Waals surface area (Å²) in [6.07, 6.45) is 8.94. The van der Waals surface area contributed by atoms with E-state index in [2.05, 4.69) is 20.6 Å². The van der Waals surface area contributed by atoms with Gasteiger partial charge in [0.15, 0.2) is 0 Å². The number of piperidine rings is 1. The van der Waals surface area contributed by atoms with E-state index in [0.29, 0.717) is 12.1 Å². The van der Waals surface area contributed by atoms with Crippen LogP contribution in [0.15, 0.2) is 12.4 Å². The monoisotopic (exact) mass is 328 g/mol. The van der Waals surface area contributed by atoms with Gasteiger partial charge in [0.2, 0.25) is 0 Å². The number of carbonyl (C=O) groups is 1. The molecule has 1 unspecified atom stereocenters. The van der Waals surface area contributed by atoms with Crippen LogP contribution in [0.4, 0.5) is 0 Å². The number of nitrogens with zero attached hydrogens (tertiary/aromatic N) is 4. The molecule has 24 heavy (non-hydrogen) atoms. The fraction of sp³-hybridized carbons (Fsp3) is 0.588. The maximum Gasteiger partial charge on any atom is 0.257 e. The SMILES string of the molecule is Cn1ncc2c1CCCN(C(=O)c1cn[nH]c1C1CCCCN1)C2. The fourth-order valence-electron chi connectivity index (χ4n) is 3.86. The number of aryl methyl sites for hydroxylation is 1. The van der Waals surface area contributed by atoms with Crippen LogP contribution < -0.4 is 5.32 Å². The van der Waals surface area contributed by atoms with Crippen molar-refractivity contribution in [3.8, 4) is 0 Å². The standard InChI is InChI=1S/C17H24N6O/c1-22-15-6-4-8-23(11-12(15)9-20-22)17(24)13-10-19-21-16(13)14-5-2-3-7-18-14/h9-10,14,18H,2-8,11H2,1H3,(H,19,21). The highest BCUT2D eigenvalue weighted by Crippen LogP contribution is 2.26. The van der Waals surface area contributed by atoms with Gasteiger partial charge in [0.1, 0.15) is 0 Å². The van der Waals surface area contributed by atoms with Crippen molar-refractivity contribution in [2.75, 3.05) is 13.1 Å². The summed E-state index contributed by atoms with van der Waals surface area (Å²) in [5.41, 5.74) is 4.05. The summed E-state index contributed by atoms with van der Waals surface area (Å²) in [5.74, 6) is 0.0721. The zero-order valence-electron chi connectivity index (χ0n) is 14.1. The van der Waals surface area contributed by atoms with Crippen molar-refractivity contribution in [1.82, 2.24) is 30.2 Å². The van der Waals surface area contributed by atoms with E-state index in [4.69, 9.17) is 0 Å². The molecule has 2 aromatic rings. The minimum atomic E-state index is 0.0721. The Morgan fingerprint density at radius 2 is 2.21 bits per heavy atom. The van der Waals surface area contributed by atoms with E-state index in [1.807, 2.05) is 22.8 Å². The van der Waals surface area contributed by atoms with Crippen LogP contribution in [0.5, 0.6) is 0 Å². The number of rotatable bonds is 2. The number of hydrogen-bond donors (Lipinski definition) is 2. The lowest BCUT2D eigenvalue weighted by atomic mass is 9.99. The van der Waals surface area contributed by atoms with Crippen molar-refractivity contribution in [3.05, 3.63) is 34.9 Å². The normalized spacial score (nSPS) is 21.4. The largest absolute Gasteiger partial charge is 0.334 e. The first-order valence-corrected chi connectivity index (χ1v) is 8.79. The van der Waals surface area contributed by atoms with Crippen molar-refractivity contribution in [3.63, 3.8) is 0 Å². The highest BCUT2D eigenvalue weighted by Gasteiger charge is 2.28. The van der Waals surface area contributed by atoms with Gasteiger partial charge in [-0.15, -0.1) is 0 Å². The van der Waals surface area contributed by atoms with Crippen molar-refractivity contribution in [1.29, 1.82) is 0 Å². The number of carbonyl (C=O) groups excluding carboxylic acids is 1. The molecule has 128 valence electrons. The number of amides is 1. The van der Waals surface area contributed by atoms with Crippen molar-refractivity contribution >= 4 is 5.91 Å². The highest BCUT2D eigenvalue weighted by molar-refractivity contribution is 5.95. The highest BCUT2D eigenvalue weighted by atomic mass is 16.2.